The minimum atomic E-state index is -0.285. The number of methoxy groups -OCH3 is 2. The van der Waals surface area contributed by atoms with E-state index in [1.54, 1.807) is 50.6 Å². The second-order valence-electron chi connectivity index (χ2n) is 5.35. The second-order valence-corrected chi connectivity index (χ2v) is 5.35. The first-order chi connectivity index (χ1) is 12.7. The zero-order chi connectivity index (χ0) is 18.4. The Morgan fingerprint density at radius 2 is 1.50 bits per heavy atom. The van der Waals surface area contributed by atoms with E-state index in [0.29, 0.717) is 22.9 Å². The van der Waals surface area contributed by atoms with Crippen LogP contribution in [0.4, 0.5) is 17.3 Å². The van der Waals surface area contributed by atoms with E-state index < -0.39 is 0 Å². The van der Waals surface area contributed by atoms with Crippen LogP contribution in [0, 0.1) is 0 Å². The first kappa shape index (κ1) is 17.2. The molecule has 0 aliphatic heterocycles. The summed E-state index contributed by atoms with van der Waals surface area (Å²) in [7, 11) is 3.16. The number of carbonyl (C=O) groups is 1. The van der Waals surface area contributed by atoms with E-state index in [-0.39, 0.29) is 5.91 Å². The van der Waals surface area contributed by atoms with Crippen LogP contribution in [0.5, 0.6) is 11.5 Å². The topological polar surface area (TPSA) is 85.4 Å². The lowest BCUT2D eigenvalue weighted by atomic mass is 10.2. The van der Waals surface area contributed by atoms with Crippen molar-refractivity contribution in [2.45, 2.75) is 0 Å². The molecular weight excluding hydrogens is 332 g/mol. The summed E-state index contributed by atoms with van der Waals surface area (Å²) in [4.78, 5) is 12.3. The highest BCUT2D eigenvalue weighted by molar-refractivity contribution is 6.03. The van der Waals surface area contributed by atoms with Crippen LogP contribution in [-0.4, -0.2) is 30.3 Å². The van der Waals surface area contributed by atoms with Gasteiger partial charge in [-0.3, -0.25) is 4.79 Å². The fourth-order valence-electron chi connectivity index (χ4n) is 2.27. The van der Waals surface area contributed by atoms with Crippen molar-refractivity contribution in [1.82, 2.24) is 10.2 Å². The lowest BCUT2D eigenvalue weighted by Gasteiger charge is -2.08. The standard InChI is InChI=1S/C19H18N4O3/c1-25-15-7-3-5-13(11-15)19(24)21-18-10-9-17(22-23-18)20-14-6-4-8-16(12-14)26-2/h3-12H,1-2H3,(H,20,22)(H,21,23,24). The fraction of sp³-hybridized carbons (Fsp3) is 0.105. The van der Waals surface area contributed by atoms with E-state index in [1.165, 1.54) is 0 Å². The van der Waals surface area contributed by atoms with Gasteiger partial charge in [0.1, 0.15) is 11.5 Å². The normalized spacial score (nSPS) is 10.1. The first-order valence-corrected chi connectivity index (χ1v) is 7.88. The molecule has 0 radical (unpaired) electrons. The van der Waals surface area contributed by atoms with Crippen LogP contribution in [-0.2, 0) is 0 Å². The average molecular weight is 350 g/mol. The quantitative estimate of drug-likeness (QED) is 0.708. The summed E-state index contributed by atoms with van der Waals surface area (Å²) in [6.45, 7) is 0. The van der Waals surface area contributed by atoms with E-state index in [4.69, 9.17) is 9.47 Å². The number of nitrogens with zero attached hydrogens (tertiary/aromatic N) is 2. The second kappa shape index (κ2) is 7.98. The third-order valence-corrected chi connectivity index (χ3v) is 3.58. The average Bonchev–Trinajstić information content (AvgIpc) is 2.69. The molecule has 3 aromatic rings. The van der Waals surface area contributed by atoms with Crippen molar-refractivity contribution in [3.63, 3.8) is 0 Å². The van der Waals surface area contributed by atoms with Crippen LogP contribution in [0.2, 0.25) is 0 Å². The Morgan fingerprint density at radius 3 is 2.19 bits per heavy atom. The molecular formula is C19H18N4O3. The van der Waals surface area contributed by atoms with Gasteiger partial charge in [0, 0.05) is 17.3 Å². The predicted octanol–water partition coefficient (Wildman–Crippen LogP) is 3.49. The van der Waals surface area contributed by atoms with Gasteiger partial charge in [0.15, 0.2) is 11.6 Å². The largest absolute Gasteiger partial charge is 0.497 e. The number of amides is 1. The summed E-state index contributed by atoms with van der Waals surface area (Å²) in [6, 6.07) is 17.7. The summed E-state index contributed by atoms with van der Waals surface area (Å²) >= 11 is 0. The third-order valence-electron chi connectivity index (χ3n) is 3.58. The van der Waals surface area contributed by atoms with E-state index >= 15 is 0 Å². The highest BCUT2D eigenvalue weighted by Crippen LogP contribution is 2.20. The highest BCUT2D eigenvalue weighted by Gasteiger charge is 2.08. The molecule has 0 aliphatic carbocycles. The van der Waals surface area contributed by atoms with Crippen molar-refractivity contribution < 1.29 is 14.3 Å². The number of ether oxygens (including phenoxy) is 2. The number of anilines is 3. The van der Waals surface area contributed by atoms with Gasteiger partial charge in [0.05, 0.1) is 14.2 Å². The number of aromatic nitrogens is 2. The molecule has 1 aromatic heterocycles. The van der Waals surface area contributed by atoms with Crippen molar-refractivity contribution in [1.29, 1.82) is 0 Å². The van der Waals surface area contributed by atoms with Gasteiger partial charge in [0.25, 0.3) is 5.91 Å². The Balaban J connectivity index is 1.66. The van der Waals surface area contributed by atoms with E-state index in [1.807, 2.05) is 24.3 Å². The molecule has 7 nitrogen and oxygen atoms in total. The van der Waals surface area contributed by atoms with Crippen LogP contribution >= 0.6 is 0 Å². The van der Waals surface area contributed by atoms with Gasteiger partial charge < -0.3 is 20.1 Å². The first-order valence-electron chi connectivity index (χ1n) is 7.88. The Labute approximate surface area is 151 Å². The molecule has 0 aliphatic rings. The molecule has 2 N–H and O–H groups in total. The SMILES string of the molecule is COc1cccc(Nc2ccc(NC(=O)c3cccc(OC)c3)nn2)c1. The van der Waals surface area contributed by atoms with Gasteiger partial charge in [-0.05, 0) is 42.5 Å². The number of hydrogen-bond acceptors (Lipinski definition) is 6. The van der Waals surface area contributed by atoms with Crippen LogP contribution < -0.4 is 20.1 Å². The monoisotopic (exact) mass is 350 g/mol. The highest BCUT2D eigenvalue weighted by atomic mass is 16.5. The third kappa shape index (κ3) is 4.27. The predicted molar refractivity (Wildman–Crippen MR) is 99.3 cm³/mol. The van der Waals surface area contributed by atoms with Crippen molar-refractivity contribution in [3.05, 3.63) is 66.2 Å². The van der Waals surface area contributed by atoms with E-state index in [2.05, 4.69) is 20.8 Å². The number of carbonyl (C=O) groups excluding carboxylic acids is 1. The van der Waals surface area contributed by atoms with E-state index in [0.717, 1.165) is 11.4 Å². The number of benzene rings is 2. The van der Waals surface area contributed by atoms with Crippen LogP contribution in [0.1, 0.15) is 10.4 Å². The smallest absolute Gasteiger partial charge is 0.256 e. The Hall–Kier alpha value is -3.61. The number of rotatable bonds is 6. The molecule has 0 saturated heterocycles. The Bertz CT molecular complexity index is 897. The van der Waals surface area contributed by atoms with Crippen molar-refractivity contribution in [2.75, 3.05) is 24.9 Å². The minimum Gasteiger partial charge on any atom is -0.497 e. The molecule has 0 spiro atoms. The van der Waals surface area contributed by atoms with Crippen LogP contribution in [0.15, 0.2) is 60.7 Å². The Morgan fingerprint density at radius 1 is 0.846 bits per heavy atom. The molecule has 1 heterocycles. The van der Waals surface area contributed by atoms with Gasteiger partial charge >= 0.3 is 0 Å². The maximum absolute atomic E-state index is 12.3. The Kier molecular flexibility index (Phi) is 5.28. The molecule has 7 heteroatoms. The fourth-order valence-corrected chi connectivity index (χ4v) is 2.27. The molecule has 0 fully saturated rings. The molecule has 0 bridgehead atoms. The molecule has 2 aromatic carbocycles. The zero-order valence-corrected chi connectivity index (χ0v) is 14.4. The van der Waals surface area contributed by atoms with Gasteiger partial charge in [-0.25, -0.2) is 0 Å². The summed E-state index contributed by atoms with van der Waals surface area (Å²) in [5, 5.41) is 13.9. The number of hydrogen-bond donors (Lipinski definition) is 2. The minimum absolute atomic E-state index is 0.285. The molecule has 0 atom stereocenters. The summed E-state index contributed by atoms with van der Waals surface area (Å²) in [5.41, 5.74) is 1.30. The molecule has 0 unspecified atom stereocenters. The maximum atomic E-state index is 12.3. The van der Waals surface area contributed by atoms with Crippen LogP contribution in [0.3, 0.4) is 0 Å². The van der Waals surface area contributed by atoms with Gasteiger partial charge in [-0.15, -0.1) is 10.2 Å². The molecule has 1 amide bonds. The molecule has 132 valence electrons. The zero-order valence-electron chi connectivity index (χ0n) is 14.4. The number of nitrogens with one attached hydrogen (secondary N) is 2. The summed E-state index contributed by atoms with van der Waals surface area (Å²) in [6.07, 6.45) is 0. The summed E-state index contributed by atoms with van der Waals surface area (Å²) < 4.78 is 10.3. The van der Waals surface area contributed by atoms with Crippen LogP contribution in [0.25, 0.3) is 0 Å². The van der Waals surface area contributed by atoms with Crippen molar-refractivity contribution in [3.8, 4) is 11.5 Å². The van der Waals surface area contributed by atoms with E-state index in [9.17, 15) is 4.79 Å². The summed E-state index contributed by atoms with van der Waals surface area (Å²) in [5.74, 6) is 1.98. The van der Waals surface area contributed by atoms with Gasteiger partial charge in [0.2, 0.25) is 0 Å². The van der Waals surface area contributed by atoms with Crippen molar-refractivity contribution in [2.24, 2.45) is 0 Å². The van der Waals surface area contributed by atoms with Crippen molar-refractivity contribution >= 4 is 23.2 Å². The van der Waals surface area contributed by atoms with Gasteiger partial charge in [-0.1, -0.05) is 12.1 Å². The molecule has 3 rings (SSSR count). The van der Waals surface area contributed by atoms with Gasteiger partial charge in [-0.2, -0.15) is 0 Å². The maximum Gasteiger partial charge on any atom is 0.256 e. The lowest BCUT2D eigenvalue weighted by molar-refractivity contribution is 0.102. The molecule has 0 saturated carbocycles. The lowest BCUT2D eigenvalue weighted by Crippen LogP contribution is -2.13. The molecule has 26 heavy (non-hydrogen) atoms.